The van der Waals surface area contributed by atoms with Crippen LogP contribution in [0, 0.1) is 11.3 Å². The Labute approximate surface area is 132 Å². The number of esters is 1. The van der Waals surface area contributed by atoms with Crippen LogP contribution >= 0.6 is 0 Å². The van der Waals surface area contributed by atoms with Gasteiger partial charge in [0.25, 0.3) is 0 Å². The molecule has 0 amide bonds. The number of benzene rings is 1. The summed E-state index contributed by atoms with van der Waals surface area (Å²) in [4.78, 5) is 12.5. The van der Waals surface area contributed by atoms with Crippen molar-refractivity contribution in [1.29, 1.82) is 0 Å². The van der Waals surface area contributed by atoms with Crippen LogP contribution in [0.4, 0.5) is 0 Å². The predicted molar refractivity (Wildman–Crippen MR) is 85.4 cm³/mol. The lowest BCUT2D eigenvalue weighted by molar-refractivity contribution is -0.148. The number of hydrogen-bond donors (Lipinski definition) is 0. The third kappa shape index (κ3) is 1.81. The summed E-state index contributed by atoms with van der Waals surface area (Å²) in [7, 11) is 1.44. The molecule has 2 aliphatic carbocycles. The van der Waals surface area contributed by atoms with E-state index in [2.05, 4.69) is 18.7 Å². The van der Waals surface area contributed by atoms with Crippen molar-refractivity contribution in [1.82, 2.24) is 0 Å². The zero-order valence-electron chi connectivity index (χ0n) is 13.8. The Morgan fingerprint density at radius 2 is 2.05 bits per heavy atom. The van der Waals surface area contributed by atoms with E-state index < -0.39 is 5.60 Å². The molecule has 0 bridgehead atoms. The molecule has 0 radical (unpaired) electrons. The van der Waals surface area contributed by atoms with Gasteiger partial charge in [0.05, 0.1) is 12.7 Å². The van der Waals surface area contributed by atoms with Gasteiger partial charge in [-0.05, 0) is 44.7 Å². The molecule has 118 valence electrons. The van der Waals surface area contributed by atoms with Crippen molar-refractivity contribution in [2.24, 2.45) is 11.3 Å². The Balaban J connectivity index is 2.20. The van der Waals surface area contributed by atoms with Crippen LogP contribution < -0.4 is 0 Å². The first-order valence-electron chi connectivity index (χ1n) is 7.82. The number of carbonyl (C=O) groups is 1. The normalized spacial score (nSPS) is 32.6. The van der Waals surface area contributed by atoms with Gasteiger partial charge in [0, 0.05) is 5.41 Å². The first kappa shape index (κ1) is 15.3. The Kier molecular flexibility index (Phi) is 3.26. The highest BCUT2D eigenvalue weighted by molar-refractivity contribution is 5.83. The van der Waals surface area contributed by atoms with Crippen molar-refractivity contribution < 1.29 is 14.3 Å². The minimum atomic E-state index is -0.644. The van der Waals surface area contributed by atoms with Gasteiger partial charge in [-0.15, -0.1) is 6.58 Å². The second-order valence-corrected chi connectivity index (χ2v) is 7.31. The van der Waals surface area contributed by atoms with Crippen molar-refractivity contribution in [3.63, 3.8) is 0 Å². The van der Waals surface area contributed by atoms with Crippen LogP contribution in [0.25, 0.3) is 0 Å². The van der Waals surface area contributed by atoms with Crippen LogP contribution in [0.15, 0.2) is 36.9 Å². The van der Waals surface area contributed by atoms with Gasteiger partial charge in [-0.1, -0.05) is 30.3 Å². The fraction of sp³-hybridized carbons (Fsp3) is 0.526. The molecule has 0 N–H and O–H groups in total. The van der Waals surface area contributed by atoms with E-state index in [1.165, 1.54) is 12.7 Å². The van der Waals surface area contributed by atoms with E-state index in [0.717, 1.165) is 18.4 Å². The van der Waals surface area contributed by atoms with E-state index in [1.807, 2.05) is 39.0 Å². The van der Waals surface area contributed by atoms with Crippen molar-refractivity contribution in [2.75, 3.05) is 7.11 Å². The highest BCUT2D eigenvalue weighted by Gasteiger charge is 2.82. The molecular formula is C19H24O3. The molecule has 0 spiro atoms. The summed E-state index contributed by atoms with van der Waals surface area (Å²) in [6.45, 7) is 10.1. The number of carbonyl (C=O) groups excluding carboxylic acids is 1. The summed E-state index contributed by atoms with van der Waals surface area (Å²) in [6.07, 6.45) is 3.71. The molecule has 0 heterocycles. The zero-order chi connectivity index (χ0) is 16.2. The first-order valence-corrected chi connectivity index (χ1v) is 7.82. The second kappa shape index (κ2) is 4.69. The summed E-state index contributed by atoms with van der Waals surface area (Å²) in [6, 6.07) is 8.27. The molecule has 3 heteroatoms. The molecule has 1 aromatic carbocycles. The van der Waals surface area contributed by atoms with Gasteiger partial charge in [-0.3, -0.25) is 4.79 Å². The number of fused-ring (bicyclic) bond motifs is 3. The summed E-state index contributed by atoms with van der Waals surface area (Å²) < 4.78 is 11.6. The quantitative estimate of drug-likeness (QED) is 0.632. The lowest BCUT2D eigenvalue weighted by Crippen LogP contribution is -2.35. The SMILES string of the molecule is C=CC12CCc3ccccc3C1(OC(C)(C)C)C2C(=O)OC. The van der Waals surface area contributed by atoms with Crippen molar-refractivity contribution in [3.8, 4) is 0 Å². The molecule has 1 saturated carbocycles. The molecule has 1 aromatic rings. The van der Waals surface area contributed by atoms with Gasteiger partial charge in [-0.2, -0.15) is 0 Å². The van der Waals surface area contributed by atoms with E-state index in [1.54, 1.807) is 0 Å². The summed E-state index contributed by atoms with van der Waals surface area (Å²) in [5.74, 6) is -0.522. The van der Waals surface area contributed by atoms with E-state index in [4.69, 9.17) is 9.47 Å². The van der Waals surface area contributed by atoms with Crippen LogP contribution in [-0.2, 0) is 26.3 Å². The summed E-state index contributed by atoms with van der Waals surface area (Å²) in [5.41, 5.74) is 1.01. The Bertz CT molecular complexity index is 628. The van der Waals surface area contributed by atoms with Gasteiger partial charge in [0.2, 0.25) is 0 Å². The summed E-state index contributed by atoms with van der Waals surface area (Å²) in [5, 5.41) is 0. The van der Waals surface area contributed by atoms with Gasteiger partial charge in [0.1, 0.15) is 11.5 Å². The fourth-order valence-corrected chi connectivity index (χ4v) is 4.26. The maximum atomic E-state index is 12.5. The van der Waals surface area contributed by atoms with Crippen LogP contribution in [0.1, 0.15) is 38.3 Å². The third-order valence-corrected chi connectivity index (χ3v) is 5.02. The van der Waals surface area contributed by atoms with Crippen LogP contribution in [0.5, 0.6) is 0 Å². The molecule has 3 nitrogen and oxygen atoms in total. The van der Waals surface area contributed by atoms with E-state index in [9.17, 15) is 4.79 Å². The van der Waals surface area contributed by atoms with Crippen molar-refractivity contribution in [3.05, 3.63) is 48.0 Å². The average molecular weight is 300 g/mol. The maximum Gasteiger partial charge on any atom is 0.313 e. The highest BCUT2D eigenvalue weighted by atomic mass is 16.6. The number of hydrogen-bond acceptors (Lipinski definition) is 3. The van der Waals surface area contributed by atoms with Crippen molar-refractivity contribution >= 4 is 5.97 Å². The molecule has 0 aliphatic heterocycles. The number of rotatable bonds is 3. The number of methoxy groups -OCH3 is 1. The van der Waals surface area contributed by atoms with Crippen LogP contribution in [-0.4, -0.2) is 18.7 Å². The standard InChI is InChI=1S/C19H24O3/c1-6-18-12-11-13-9-7-8-10-14(13)19(18,22-17(2,3)4)15(18)16(20)21-5/h6-10,15H,1,11-12H2,2-5H3. The lowest BCUT2D eigenvalue weighted by Gasteiger charge is -2.36. The third-order valence-electron chi connectivity index (χ3n) is 5.02. The minimum Gasteiger partial charge on any atom is -0.469 e. The smallest absolute Gasteiger partial charge is 0.313 e. The first-order chi connectivity index (χ1) is 10.3. The van der Waals surface area contributed by atoms with E-state index in [-0.39, 0.29) is 22.9 Å². The molecule has 0 aromatic heterocycles. The molecule has 3 unspecified atom stereocenters. The molecule has 3 atom stereocenters. The van der Waals surface area contributed by atoms with Crippen LogP contribution in [0.3, 0.4) is 0 Å². The maximum absolute atomic E-state index is 12.5. The van der Waals surface area contributed by atoms with Gasteiger partial charge >= 0.3 is 5.97 Å². The van der Waals surface area contributed by atoms with E-state index in [0.29, 0.717) is 0 Å². The molecule has 2 aliphatic rings. The predicted octanol–water partition coefficient (Wildman–Crippen LogP) is 3.62. The zero-order valence-corrected chi connectivity index (χ0v) is 13.8. The number of aryl methyl sites for hydroxylation is 1. The molecule has 22 heavy (non-hydrogen) atoms. The van der Waals surface area contributed by atoms with E-state index >= 15 is 0 Å². The van der Waals surface area contributed by atoms with Crippen LogP contribution in [0.2, 0.25) is 0 Å². The molecule has 3 rings (SSSR count). The highest BCUT2D eigenvalue weighted by Crippen LogP contribution is 2.76. The fourth-order valence-electron chi connectivity index (χ4n) is 4.26. The van der Waals surface area contributed by atoms with Gasteiger partial charge < -0.3 is 9.47 Å². The minimum absolute atomic E-state index is 0.208. The Morgan fingerprint density at radius 3 is 2.64 bits per heavy atom. The largest absolute Gasteiger partial charge is 0.469 e. The molecule has 0 saturated heterocycles. The second-order valence-electron chi connectivity index (χ2n) is 7.31. The summed E-state index contributed by atoms with van der Waals surface area (Å²) >= 11 is 0. The van der Waals surface area contributed by atoms with Gasteiger partial charge in [0.15, 0.2) is 0 Å². The lowest BCUT2D eigenvalue weighted by atomic mass is 9.81. The topological polar surface area (TPSA) is 35.5 Å². The monoisotopic (exact) mass is 300 g/mol. The van der Waals surface area contributed by atoms with Gasteiger partial charge in [-0.25, -0.2) is 0 Å². The molecular weight excluding hydrogens is 276 g/mol. The molecule has 1 fully saturated rings. The average Bonchev–Trinajstić information content (AvgIpc) is 3.07. The number of ether oxygens (including phenoxy) is 2. The Morgan fingerprint density at radius 1 is 1.36 bits per heavy atom. The van der Waals surface area contributed by atoms with Crippen molar-refractivity contribution in [2.45, 2.75) is 44.8 Å². The Hall–Kier alpha value is -1.61.